The molecular weight excluding hydrogens is 286 g/mol. The molecule has 0 aromatic heterocycles. The van der Waals surface area contributed by atoms with Crippen LogP contribution < -0.4 is 15.5 Å². The zero-order valence-corrected chi connectivity index (χ0v) is 14.1. The third-order valence-corrected chi connectivity index (χ3v) is 3.64. The molecule has 122 valence electrons. The third kappa shape index (κ3) is 5.66. The number of carbonyl (C=O) groups is 1. The van der Waals surface area contributed by atoms with Crippen LogP contribution in [-0.4, -0.2) is 26.5 Å². The van der Waals surface area contributed by atoms with Crippen molar-refractivity contribution >= 4 is 17.3 Å². The van der Waals surface area contributed by atoms with E-state index in [4.69, 9.17) is 0 Å². The summed E-state index contributed by atoms with van der Waals surface area (Å²) in [7, 11) is 4.03. The van der Waals surface area contributed by atoms with Gasteiger partial charge >= 0.3 is 0 Å². The molecule has 0 radical (unpaired) electrons. The molecule has 0 saturated carbocycles. The highest BCUT2D eigenvalue weighted by molar-refractivity contribution is 5.76. The first-order valence-electron chi connectivity index (χ1n) is 7.88. The molecule has 23 heavy (non-hydrogen) atoms. The number of nitrogens with one attached hydrogen (secondary N) is 2. The van der Waals surface area contributed by atoms with Gasteiger partial charge in [-0.05, 0) is 36.8 Å². The summed E-state index contributed by atoms with van der Waals surface area (Å²) in [5, 5.41) is 6.22. The molecule has 2 aromatic carbocycles. The van der Waals surface area contributed by atoms with Crippen LogP contribution in [0.25, 0.3) is 0 Å². The lowest BCUT2D eigenvalue weighted by molar-refractivity contribution is -0.121. The molecule has 0 aliphatic rings. The van der Waals surface area contributed by atoms with E-state index in [1.807, 2.05) is 38.4 Å². The van der Waals surface area contributed by atoms with Crippen LogP contribution in [0.3, 0.4) is 0 Å². The first kappa shape index (κ1) is 16.9. The van der Waals surface area contributed by atoms with E-state index in [2.05, 4.69) is 46.7 Å². The number of rotatable bonds is 7. The van der Waals surface area contributed by atoms with E-state index in [1.54, 1.807) is 0 Å². The van der Waals surface area contributed by atoms with Crippen LogP contribution in [0.15, 0.2) is 48.5 Å². The first-order chi connectivity index (χ1) is 11.0. The second kappa shape index (κ2) is 8.22. The lowest BCUT2D eigenvalue weighted by Gasteiger charge is -2.13. The average Bonchev–Trinajstić information content (AvgIpc) is 2.53. The highest BCUT2D eigenvalue weighted by Crippen LogP contribution is 2.15. The van der Waals surface area contributed by atoms with Crippen LogP contribution >= 0.6 is 0 Å². The monoisotopic (exact) mass is 311 g/mol. The Morgan fingerprint density at radius 3 is 2.48 bits per heavy atom. The summed E-state index contributed by atoms with van der Waals surface area (Å²) in [4.78, 5) is 13.9. The van der Waals surface area contributed by atoms with Crippen molar-refractivity contribution < 1.29 is 4.79 Å². The van der Waals surface area contributed by atoms with Gasteiger partial charge in [0.2, 0.25) is 5.91 Å². The summed E-state index contributed by atoms with van der Waals surface area (Å²) in [6.45, 7) is 3.26. The van der Waals surface area contributed by atoms with Gasteiger partial charge in [0.1, 0.15) is 0 Å². The molecule has 0 unspecified atom stereocenters. The van der Waals surface area contributed by atoms with E-state index in [0.717, 1.165) is 16.9 Å². The van der Waals surface area contributed by atoms with Gasteiger partial charge in [0.25, 0.3) is 0 Å². The van der Waals surface area contributed by atoms with Crippen LogP contribution in [0.1, 0.15) is 17.5 Å². The topological polar surface area (TPSA) is 44.4 Å². The Kier molecular flexibility index (Phi) is 6.03. The van der Waals surface area contributed by atoms with Gasteiger partial charge in [-0.1, -0.05) is 29.8 Å². The molecule has 0 bridgehead atoms. The molecule has 0 aliphatic heterocycles. The minimum atomic E-state index is 0.0592. The van der Waals surface area contributed by atoms with Gasteiger partial charge < -0.3 is 15.5 Å². The standard InChI is InChI=1S/C19H25N3O/c1-15-5-4-6-16(13-15)14-21-19(23)11-12-20-17-7-9-18(10-8-17)22(2)3/h4-10,13,20H,11-12,14H2,1-3H3,(H,21,23). The molecule has 2 aromatic rings. The van der Waals surface area contributed by atoms with Crippen LogP contribution in [0.4, 0.5) is 11.4 Å². The summed E-state index contributed by atoms with van der Waals surface area (Å²) < 4.78 is 0. The number of anilines is 2. The molecule has 2 rings (SSSR count). The smallest absolute Gasteiger partial charge is 0.222 e. The fourth-order valence-electron chi connectivity index (χ4n) is 2.31. The lowest BCUT2D eigenvalue weighted by atomic mass is 10.1. The molecular formula is C19H25N3O. The van der Waals surface area contributed by atoms with Crippen molar-refractivity contribution in [3.05, 3.63) is 59.7 Å². The van der Waals surface area contributed by atoms with Crippen LogP contribution in [0.2, 0.25) is 0 Å². The number of nitrogens with zero attached hydrogens (tertiary/aromatic N) is 1. The summed E-state index contributed by atoms with van der Waals surface area (Å²) in [6, 6.07) is 16.3. The van der Waals surface area contributed by atoms with E-state index >= 15 is 0 Å². The highest BCUT2D eigenvalue weighted by atomic mass is 16.1. The summed E-state index contributed by atoms with van der Waals surface area (Å²) in [5.41, 5.74) is 4.53. The maximum atomic E-state index is 11.9. The number of benzene rings is 2. The lowest BCUT2D eigenvalue weighted by Crippen LogP contribution is -2.24. The van der Waals surface area contributed by atoms with Crippen LogP contribution in [0.5, 0.6) is 0 Å². The minimum absolute atomic E-state index is 0.0592. The molecule has 4 heteroatoms. The Morgan fingerprint density at radius 1 is 1.09 bits per heavy atom. The largest absolute Gasteiger partial charge is 0.385 e. The van der Waals surface area contributed by atoms with Crippen molar-refractivity contribution in [3.8, 4) is 0 Å². The SMILES string of the molecule is Cc1cccc(CNC(=O)CCNc2ccc(N(C)C)cc2)c1. The summed E-state index contributed by atoms with van der Waals surface area (Å²) in [6.07, 6.45) is 0.460. The predicted molar refractivity (Wildman–Crippen MR) is 96.9 cm³/mol. The van der Waals surface area contributed by atoms with Crippen LogP contribution in [-0.2, 0) is 11.3 Å². The summed E-state index contributed by atoms with van der Waals surface area (Å²) >= 11 is 0. The highest BCUT2D eigenvalue weighted by Gasteiger charge is 2.02. The Labute approximate surface area is 138 Å². The quantitative estimate of drug-likeness (QED) is 0.825. The van der Waals surface area contributed by atoms with E-state index in [9.17, 15) is 4.79 Å². The van der Waals surface area contributed by atoms with Crippen molar-refractivity contribution in [3.63, 3.8) is 0 Å². The van der Waals surface area contributed by atoms with E-state index in [1.165, 1.54) is 5.56 Å². The van der Waals surface area contributed by atoms with E-state index in [0.29, 0.717) is 19.5 Å². The number of amides is 1. The fourth-order valence-corrected chi connectivity index (χ4v) is 2.31. The number of aryl methyl sites for hydroxylation is 1. The van der Waals surface area contributed by atoms with Crippen LogP contribution in [0, 0.1) is 6.92 Å². The Balaban J connectivity index is 1.70. The zero-order valence-electron chi connectivity index (χ0n) is 14.1. The maximum absolute atomic E-state index is 11.9. The Hall–Kier alpha value is -2.49. The normalized spacial score (nSPS) is 10.2. The van der Waals surface area contributed by atoms with Gasteiger partial charge in [0.05, 0.1) is 0 Å². The second-order valence-electron chi connectivity index (χ2n) is 5.88. The molecule has 0 atom stereocenters. The zero-order chi connectivity index (χ0) is 16.7. The molecule has 0 fully saturated rings. The van der Waals surface area contributed by atoms with Crippen molar-refractivity contribution in [2.75, 3.05) is 30.9 Å². The van der Waals surface area contributed by atoms with Gasteiger partial charge in [-0.15, -0.1) is 0 Å². The molecule has 0 saturated heterocycles. The average molecular weight is 311 g/mol. The number of hydrogen-bond donors (Lipinski definition) is 2. The fraction of sp³-hybridized carbons (Fsp3) is 0.316. The van der Waals surface area contributed by atoms with Crippen molar-refractivity contribution in [2.45, 2.75) is 19.9 Å². The Bertz CT molecular complexity index is 635. The van der Waals surface area contributed by atoms with Gasteiger partial charge in [-0.3, -0.25) is 4.79 Å². The number of carbonyl (C=O) groups excluding carboxylic acids is 1. The maximum Gasteiger partial charge on any atom is 0.222 e. The first-order valence-corrected chi connectivity index (χ1v) is 7.88. The van der Waals surface area contributed by atoms with E-state index in [-0.39, 0.29) is 5.91 Å². The van der Waals surface area contributed by atoms with Gasteiger partial charge in [0.15, 0.2) is 0 Å². The molecule has 2 N–H and O–H groups in total. The predicted octanol–water partition coefficient (Wildman–Crippen LogP) is 3.18. The van der Waals surface area contributed by atoms with E-state index < -0.39 is 0 Å². The molecule has 0 aliphatic carbocycles. The van der Waals surface area contributed by atoms with Crippen molar-refractivity contribution in [2.24, 2.45) is 0 Å². The molecule has 0 heterocycles. The third-order valence-electron chi connectivity index (χ3n) is 3.64. The molecule has 4 nitrogen and oxygen atoms in total. The Morgan fingerprint density at radius 2 is 1.83 bits per heavy atom. The van der Waals surface area contributed by atoms with Gasteiger partial charge in [-0.25, -0.2) is 0 Å². The summed E-state index contributed by atoms with van der Waals surface area (Å²) in [5.74, 6) is 0.0592. The van der Waals surface area contributed by atoms with Crippen molar-refractivity contribution in [1.82, 2.24) is 5.32 Å². The second-order valence-corrected chi connectivity index (χ2v) is 5.88. The molecule has 0 spiro atoms. The number of hydrogen-bond acceptors (Lipinski definition) is 3. The van der Waals surface area contributed by atoms with Gasteiger partial charge in [-0.2, -0.15) is 0 Å². The molecule has 1 amide bonds. The van der Waals surface area contributed by atoms with Crippen molar-refractivity contribution in [1.29, 1.82) is 0 Å². The minimum Gasteiger partial charge on any atom is -0.385 e. The van der Waals surface area contributed by atoms with Gasteiger partial charge in [0, 0.05) is 45.0 Å².